The number of fused-ring (bicyclic) bond motifs is 1. The van der Waals surface area contributed by atoms with Gasteiger partial charge in [-0.2, -0.15) is 0 Å². The molecule has 1 aromatic carbocycles. The number of benzene rings is 1. The largest absolute Gasteiger partial charge is 0.573 e. The Morgan fingerprint density at radius 2 is 1.71 bits per heavy atom. The van der Waals surface area contributed by atoms with Crippen LogP contribution in [0.5, 0.6) is 5.75 Å². The lowest BCUT2D eigenvalue weighted by Crippen LogP contribution is -2.29. The van der Waals surface area contributed by atoms with Gasteiger partial charge < -0.3 is 21.0 Å². The molecule has 2 atom stereocenters. The number of aliphatic carboxylic acids is 1. The summed E-state index contributed by atoms with van der Waals surface area (Å²) in [7, 11) is 0. The Morgan fingerprint density at radius 1 is 1.14 bits per heavy atom. The van der Waals surface area contributed by atoms with Crippen molar-refractivity contribution in [3.63, 3.8) is 0 Å². The van der Waals surface area contributed by atoms with E-state index in [0.29, 0.717) is 17.8 Å². The Balaban J connectivity index is 1.56. The molecule has 28 heavy (non-hydrogen) atoms. The van der Waals surface area contributed by atoms with E-state index in [9.17, 15) is 18.0 Å². The maximum Gasteiger partial charge on any atom is 0.573 e. The lowest BCUT2D eigenvalue weighted by Gasteiger charge is -2.16. The van der Waals surface area contributed by atoms with E-state index in [2.05, 4.69) is 10.2 Å². The Morgan fingerprint density at radius 3 is 2.18 bits per heavy atom. The third-order valence-electron chi connectivity index (χ3n) is 5.46. The summed E-state index contributed by atoms with van der Waals surface area (Å²) in [5.74, 6) is 5.13. The molecule has 0 heterocycles. The van der Waals surface area contributed by atoms with E-state index in [1.807, 2.05) is 0 Å². The topological polar surface area (TPSA) is 111 Å². The molecule has 0 aliphatic heterocycles. The van der Waals surface area contributed by atoms with E-state index in [0.717, 1.165) is 31.2 Å². The summed E-state index contributed by atoms with van der Waals surface area (Å²) < 4.78 is 40.7. The van der Waals surface area contributed by atoms with Crippen molar-refractivity contribution >= 4 is 17.7 Å². The summed E-state index contributed by atoms with van der Waals surface area (Å²) in [6, 6.07) is 6.11. The van der Waals surface area contributed by atoms with Gasteiger partial charge in [0.15, 0.2) is 5.70 Å². The Hall–Kier alpha value is -2.07. The normalized spacial score (nSPS) is 27.9. The zero-order valence-electron chi connectivity index (χ0n) is 14.9. The van der Waals surface area contributed by atoms with E-state index in [4.69, 9.17) is 16.7 Å². The first-order chi connectivity index (χ1) is 13.2. The number of halogens is 3. The van der Waals surface area contributed by atoms with Crippen molar-refractivity contribution in [3.05, 3.63) is 40.6 Å². The van der Waals surface area contributed by atoms with Crippen molar-refractivity contribution in [2.24, 2.45) is 23.4 Å². The highest BCUT2D eigenvalue weighted by molar-refractivity contribution is 8.03. The summed E-state index contributed by atoms with van der Waals surface area (Å²) in [5, 5.41) is 9.47. The smallest absolute Gasteiger partial charge is 0.476 e. The third kappa shape index (κ3) is 4.85. The highest BCUT2D eigenvalue weighted by Crippen LogP contribution is 2.53. The van der Waals surface area contributed by atoms with Gasteiger partial charge in [0.25, 0.3) is 0 Å². The van der Waals surface area contributed by atoms with Crippen molar-refractivity contribution in [3.8, 4) is 5.75 Å². The molecule has 1 aromatic rings. The molecule has 0 radical (unpaired) electrons. The fraction of sp³-hybridized carbons (Fsp3) is 0.500. The molecule has 154 valence electrons. The highest BCUT2D eigenvalue weighted by Gasteiger charge is 2.42. The van der Waals surface area contributed by atoms with Crippen LogP contribution < -0.4 is 21.7 Å². The minimum absolute atomic E-state index is 0.178. The van der Waals surface area contributed by atoms with Gasteiger partial charge in [0.05, 0.1) is 5.03 Å². The number of alkyl halides is 3. The van der Waals surface area contributed by atoms with Gasteiger partial charge >= 0.3 is 12.3 Å². The highest BCUT2D eigenvalue weighted by atomic mass is 32.2. The number of hydrazine groups is 1. The summed E-state index contributed by atoms with van der Waals surface area (Å²) in [5.41, 5.74) is 8.82. The first kappa shape index (κ1) is 20.7. The number of hydrogen-bond donors (Lipinski definition) is 4. The quantitative estimate of drug-likeness (QED) is 0.319. The first-order valence-electron chi connectivity index (χ1n) is 8.88. The molecule has 0 spiro atoms. The van der Waals surface area contributed by atoms with Crippen LogP contribution in [0.3, 0.4) is 0 Å². The number of nitrogens with two attached hydrogens (primary N) is 2. The molecule has 2 fully saturated rings. The van der Waals surface area contributed by atoms with E-state index in [1.165, 1.54) is 23.9 Å². The average molecular weight is 417 g/mol. The molecule has 3 rings (SSSR count). The maximum atomic E-state index is 12.3. The third-order valence-corrected chi connectivity index (χ3v) is 6.63. The zero-order valence-corrected chi connectivity index (χ0v) is 15.7. The van der Waals surface area contributed by atoms with Gasteiger partial charge in [-0.05, 0) is 61.1 Å². The number of carbonyl (C=O) groups is 1. The Labute approximate surface area is 164 Å². The van der Waals surface area contributed by atoms with Crippen LogP contribution in [0.2, 0.25) is 0 Å². The monoisotopic (exact) mass is 417 g/mol. The van der Waals surface area contributed by atoms with Crippen molar-refractivity contribution in [1.82, 2.24) is 5.43 Å². The van der Waals surface area contributed by atoms with E-state index in [-0.39, 0.29) is 21.7 Å². The van der Waals surface area contributed by atoms with Gasteiger partial charge in [0, 0.05) is 5.25 Å². The van der Waals surface area contributed by atoms with Crippen molar-refractivity contribution in [2.45, 2.75) is 43.2 Å². The van der Waals surface area contributed by atoms with Crippen LogP contribution in [0.1, 0.15) is 37.2 Å². The van der Waals surface area contributed by atoms with Gasteiger partial charge in [-0.1, -0.05) is 12.1 Å². The number of rotatable bonds is 6. The maximum absolute atomic E-state index is 12.3. The van der Waals surface area contributed by atoms with Gasteiger partial charge in [-0.15, -0.1) is 24.9 Å². The van der Waals surface area contributed by atoms with Crippen LogP contribution in [0, 0.1) is 11.8 Å². The number of nitrogens with one attached hydrogen (secondary N) is 1. The molecular weight excluding hydrogens is 395 g/mol. The van der Waals surface area contributed by atoms with E-state index >= 15 is 0 Å². The molecule has 0 amide bonds. The van der Waals surface area contributed by atoms with Crippen LogP contribution in [0.25, 0.3) is 0 Å². The molecule has 2 aliphatic rings. The molecule has 2 unspecified atom stereocenters. The molecular formula is C18H22F3N3O3S. The molecule has 0 saturated heterocycles. The van der Waals surface area contributed by atoms with Crippen molar-refractivity contribution < 1.29 is 27.8 Å². The standard InChI is InChI=1S/C18H22F3N3O3S/c19-18(20,21)27-13-3-1-9(2-4-13)10-5-11-7-14(8-12(11)6-10)28-16(22)15(24-23)17(25)26/h1-4,10-12,14,24H,5-8,22-23H2,(H,25,26)/b16-15+. The van der Waals surface area contributed by atoms with Crippen LogP contribution in [0.15, 0.2) is 35.0 Å². The van der Waals surface area contributed by atoms with E-state index < -0.39 is 12.3 Å². The summed E-state index contributed by atoms with van der Waals surface area (Å²) in [6.07, 6.45) is -0.898. The molecule has 0 bridgehead atoms. The van der Waals surface area contributed by atoms with Crippen LogP contribution in [-0.2, 0) is 4.79 Å². The average Bonchev–Trinajstić information content (AvgIpc) is 3.12. The van der Waals surface area contributed by atoms with Crippen molar-refractivity contribution in [1.29, 1.82) is 0 Å². The number of carboxylic acids is 1. The second kappa shape index (κ2) is 8.12. The van der Waals surface area contributed by atoms with Gasteiger partial charge in [0.2, 0.25) is 0 Å². The lowest BCUT2D eigenvalue weighted by molar-refractivity contribution is -0.274. The molecule has 0 aromatic heterocycles. The second-order valence-electron chi connectivity index (χ2n) is 7.21. The van der Waals surface area contributed by atoms with Crippen LogP contribution in [0.4, 0.5) is 13.2 Å². The lowest BCUT2D eigenvalue weighted by atomic mass is 9.94. The van der Waals surface area contributed by atoms with Crippen LogP contribution >= 0.6 is 11.8 Å². The second-order valence-corrected chi connectivity index (χ2v) is 8.55. The summed E-state index contributed by atoms with van der Waals surface area (Å²) >= 11 is 1.34. The summed E-state index contributed by atoms with van der Waals surface area (Å²) in [4.78, 5) is 11.1. The van der Waals surface area contributed by atoms with E-state index in [1.54, 1.807) is 12.1 Å². The SMILES string of the molecule is NN/C(C(=O)O)=C(\N)SC1CC2CC(c3ccc(OC(F)(F)F)cc3)CC2C1. The number of ether oxygens (including phenoxy) is 1. The van der Waals surface area contributed by atoms with Crippen LogP contribution in [-0.4, -0.2) is 22.7 Å². The Bertz CT molecular complexity index is 741. The van der Waals surface area contributed by atoms with Gasteiger partial charge in [0.1, 0.15) is 5.75 Å². The fourth-order valence-corrected chi connectivity index (χ4v) is 5.66. The predicted molar refractivity (Wildman–Crippen MR) is 98.9 cm³/mol. The van der Waals surface area contributed by atoms with Crippen molar-refractivity contribution in [2.75, 3.05) is 0 Å². The molecule has 2 saturated carbocycles. The molecule has 6 nitrogen and oxygen atoms in total. The number of carboxylic acid groups (broad SMARTS) is 1. The molecule has 10 heteroatoms. The minimum Gasteiger partial charge on any atom is -0.476 e. The molecule has 6 N–H and O–H groups in total. The van der Waals surface area contributed by atoms with Gasteiger partial charge in [-0.3, -0.25) is 5.84 Å². The molecule has 2 aliphatic carbocycles. The zero-order chi connectivity index (χ0) is 20.5. The Kier molecular flexibility index (Phi) is 5.99. The van der Waals surface area contributed by atoms with Gasteiger partial charge in [-0.25, -0.2) is 4.79 Å². The fourth-order valence-electron chi connectivity index (χ4n) is 4.35. The summed E-state index contributed by atoms with van der Waals surface area (Å²) in [6.45, 7) is 0. The first-order valence-corrected chi connectivity index (χ1v) is 9.76. The number of thioether (sulfide) groups is 1. The predicted octanol–water partition coefficient (Wildman–Crippen LogP) is 3.27. The minimum atomic E-state index is -4.69. The number of hydrogen-bond acceptors (Lipinski definition) is 6.